The zero-order valence-corrected chi connectivity index (χ0v) is 20.9. The average molecular weight is 537 g/mol. The monoisotopic (exact) mass is 536 g/mol. The average Bonchev–Trinajstić information content (AvgIpc) is 3.27. The van der Waals surface area contributed by atoms with E-state index in [1.54, 1.807) is 17.0 Å². The normalized spacial score (nSPS) is 15.4. The van der Waals surface area contributed by atoms with Crippen LogP contribution in [0.2, 0.25) is 0 Å². The second-order valence-electron chi connectivity index (χ2n) is 9.80. The lowest BCUT2D eigenvalue weighted by Crippen LogP contribution is -2.26. The maximum atomic E-state index is 14.9. The van der Waals surface area contributed by atoms with Crippen LogP contribution in [-0.2, 0) is 29.3 Å². The summed E-state index contributed by atoms with van der Waals surface area (Å²) < 4.78 is 60.3. The molecule has 1 saturated carbocycles. The number of sulfone groups is 1. The minimum atomic E-state index is -4.13. The molecule has 1 fully saturated rings. The smallest absolute Gasteiger partial charge is 0.268 e. The van der Waals surface area contributed by atoms with Gasteiger partial charge in [0.1, 0.15) is 22.8 Å². The number of carbonyl (C=O) groups is 1. The van der Waals surface area contributed by atoms with E-state index < -0.39 is 27.4 Å². The van der Waals surface area contributed by atoms with Gasteiger partial charge in [0.2, 0.25) is 9.84 Å². The molecule has 2 aromatic carbocycles. The molecule has 5 aromatic rings. The van der Waals surface area contributed by atoms with Crippen LogP contribution in [0.1, 0.15) is 47.1 Å². The number of benzene rings is 2. The summed E-state index contributed by atoms with van der Waals surface area (Å²) in [6.07, 6.45) is 6.19. The molecule has 1 aliphatic heterocycles. The maximum absolute atomic E-state index is 14.9. The van der Waals surface area contributed by atoms with Crippen molar-refractivity contribution in [1.29, 1.82) is 0 Å². The molecule has 9 nitrogen and oxygen atoms in total. The van der Waals surface area contributed by atoms with Crippen LogP contribution in [-0.4, -0.2) is 38.6 Å². The number of amides is 1. The van der Waals surface area contributed by atoms with Gasteiger partial charge >= 0.3 is 0 Å². The lowest BCUT2D eigenvalue weighted by Gasteiger charge is -2.11. The van der Waals surface area contributed by atoms with Crippen LogP contribution in [0.3, 0.4) is 0 Å². The summed E-state index contributed by atoms with van der Waals surface area (Å²) in [5, 5.41) is 9.40. The third-order valence-electron chi connectivity index (χ3n) is 7.42. The number of aromatic nitrogens is 5. The molecule has 0 atom stereocenters. The van der Waals surface area contributed by atoms with E-state index >= 15 is 0 Å². The van der Waals surface area contributed by atoms with E-state index in [1.807, 2.05) is 4.57 Å². The number of imidazole rings is 1. The number of hydrogen-bond acceptors (Lipinski definition) is 5. The molecule has 7 rings (SSSR count). The number of nitrogens with one attached hydrogen (secondary N) is 2. The van der Waals surface area contributed by atoms with Crippen molar-refractivity contribution in [2.45, 2.75) is 54.6 Å². The lowest BCUT2D eigenvalue weighted by molar-refractivity contribution is 0.0941. The Morgan fingerprint density at radius 2 is 2.00 bits per heavy atom. The highest BCUT2D eigenvalue weighted by Gasteiger charge is 2.32. The van der Waals surface area contributed by atoms with Crippen LogP contribution < -0.4 is 5.32 Å². The number of aromatic amines is 1. The maximum Gasteiger partial charge on any atom is 0.268 e. The lowest BCUT2D eigenvalue weighted by atomic mass is 10.1. The van der Waals surface area contributed by atoms with Gasteiger partial charge in [-0.3, -0.25) is 9.89 Å². The van der Waals surface area contributed by atoms with Crippen LogP contribution >= 0.6 is 0 Å². The fourth-order valence-electron chi connectivity index (χ4n) is 5.40. The van der Waals surface area contributed by atoms with E-state index in [2.05, 4.69) is 20.5 Å². The Labute approximate surface area is 215 Å². The van der Waals surface area contributed by atoms with Gasteiger partial charge in [0.15, 0.2) is 0 Å². The summed E-state index contributed by atoms with van der Waals surface area (Å²) in [5.74, 6) is -1.69. The number of H-pyrrole nitrogens is 1. The third-order valence-corrected chi connectivity index (χ3v) is 9.21. The third kappa shape index (κ3) is 3.46. The van der Waals surface area contributed by atoms with Gasteiger partial charge in [0.25, 0.3) is 5.91 Å². The first-order valence-electron chi connectivity index (χ1n) is 12.3. The molecule has 4 heterocycles. The molecular weight excluding hydrogens is 514 g/mol. The van der Waals surface area contributed by atoms with E-state index in [9.17, 15) is 22.0 Å². The van der Waals surface area contributed by atoms with E-state index in [4.69, 9.17) is 0 Å². The van der Waals surface area contributed by atoms with Crippen molar-refractivity contribution in [2.75, 3.05) is 0 Å². The van der Waals surface area contributed by atoms with Gasteiger partial charge in [-0.2, -0.15) is 5.10 Å². The van der Waals surface area contributed by atoms with Crippen LogP contribution in [0, 0.1) is 11.6 Å². The summed E-state index contributed by atoms with van der Waals surface area (Å²) in [6, 6.07) is 6.90. The van der Waals surface area contributed by atoms with E-state index in [0.717, 1.165) is 18.9 Å². The summed E-state index contributed by atoms with van der Waals surface area (Å²) >= 11 is 0. The van der Waals surface area contributed by atoms with Crippen molar-refractivity contribution in [3.8, 4) is 0 Å². The number of halogens is 2. The standard InChI is InChI=1S/C26H22F2N6O3S/c27-18-5-6-20-25(34(13-30-20)15-3-4-15)17(18)12-29-26(35)22-10-23(21-2-1-7-33(21)22)38(36,37)16-8-14-11-31-32-24(14)19(28)9-16/h5-6,8-11,13,15H,1-4,7,12H2,(H,29,35)(H,31,32). The second kappa shape index (κ2) is 8.22. The fourth-order valence-corrected chi connectivity index (χ4v) is 6.99. The molecule has 0 saturated heterocycles. The van der Waals surface area contributed by atoms with E-state index in [0.29, 0.717) is 47.1 Å². The Morgan fingerprint density at radius 1 is 1.16 bits per heavy atom. The summed E-state index contributed by atoms with van der Waals surface area (Å²) in [5.41, 5.74) is 2.45. The van der Waals surface area contributed by atoms with Gasteiger partial charge in [-0.1, -0.05) is 0 Å². The molecule has 0 radical (unpaired) electrons. The summed E-state index contributed by atoms with van der Waals surface area (Å²) in [4.78, 5) is 17.5. The molecule has 0 bridgehead atoms. The number of fused-ring (bicyclic) bond motifs is 3. The first-order chi connectivity index (χ1) is 18.3. The van der Waals surface area contributed by atoms with Crippen molar-refractivity contribution in [1.82, 2.24) is 29.6 Å². The zero-order valence-electron chi connectivity index (χ0n) is 20.0. The van der Waals surface area contributed by atoms with E-state index in [1.165, 1.54) is 24.4 Å². The molecule has 0 spiro atoms. The SMILES string of the molecule is O=C(NCc1c(F)ccc2ncn(C3CC3)c12)c1cc(S(=O)(=O)c2cc(F)c3[nH]ncc3c2)c2n1CCC2. The number of rotatable bonds is 6. The molecule has 1 aliphatic carbocycles. The highest BCUT2D eigenvalue weighted by Crippen LogP contribution is 2.38. The minimum absolute atomic E-state index is 0.0255. The molecule has 1 amide bonds. The first-order valence-corrected chi connectivity index (χ1v) is 13.8. The van der Waals surface area contributed by atoms with Crippen LogP contribution in [0.5, 0.6) is 0 Å². The first kappa shape index (κ1) is 23.1. The predicted octanol–water partition coefficient (Wildman–Crippen LogP) is 4.04. The van der Waals surface area contributed by atoms with Crippen molar-refractivity contribution in [3.05, 3.63) is 71.4 Å². The Hall–Kier alpha value is -4.06. The van der Waals surface area contributed by atoms with Gasteiger partial charge in [0, 0.05) is 35.8 Å². The Kier molecular flexibility index (Phi) is 4.99. The fraction of sp³-hybridized carbons (Fsp3) is 0.269. The molecule has 2 N–H and O–H groups in total. The molecular formula is C26H22F2N6O3S. The van der Waals surface area contributed by atoms with Crippen LogP contribution in [0.4, 0.5) is 8.78 Å². The molecule has 12 heteroatoms. The van der Waals surface area contributed by atoms with Crippen LogP contribution in [0.25, 0.3) is 21.9 Å². The number of nitrogens with zero attached hydrogens (tertiary/aromatic N) is 4. The molecule has 38 heavy (non-hydrogen) atoms. The minimum Gasteiger partial charge on any atom is -0.346 e. The Morgan fingerprint density at radius 3 is 2.82 bits per heavy atom. The van der Waals surface area contributed by atoms with Crippen LogP contribution in [0.15, 0.2) is 52.6 Å². The number of carbonyl (C=O) groups excluding carboxylic acids is 1. The van der Waals surface area contributed by atoms with Crippen molar-refractivity contribution < 1.29 is 22.0 Å². The molecule has 2 aliphatic rings. The largest absolute Gasteiger partial charge is 0.346 e. The van der Waals surface area contributed by atoms with Gasteiger partial charge in [-0.15, -0.1) is 0 Å². The van der Waals surface area contributed by atoms with Crippen molar-refractivity contribution >= 4 is 37.7 Å². The predicted molar refractivity (Wildman–Crippen MR) is 133 cm³/mol. The van der Waals surface area contributed by atoms with Crippen molar-refractivity contribution in [3.63, 3.8) is 0 Å². The highest BCUT2D eigenvalue weighted by molar-refractivity contribution is 7.91. The summed E-state index contributed by atoms with van der Waals surface area (Å²) in [6.45, 7) is 0.395. The number of hydrogen-bond donors (Lipinski definition) is 2. The van der Waals surface area contributed by atoms with Crippen molar-refractivity contribution in [2.24, 2.45) is 0 Å². The van der Waals surface area contributed by atoms with Gasteiger partial charge in [-0.25, -0.2) is 22.2 Å². The quantitative estimate of drug-likeness (QED) is 0.340. The highest BCUT2D eigenvalue weighted by atomic mass is 32.2. The second-order valence-corrected chi connectivity index (χ2v) is 11.7. The summed E-state index contributed by atoms with van der Waals surface area (Å²) in [7, 11) is -4.13. The van der Waals surface area contributed by atoms with E-state index in [-0.39, 0.29) is 33.6 Å². The topological polar surface area (TPSA) is 115 Å². The van der Waals surface area contributed by atoms with Gasteiger partial charge in [-0.05, 0) is 56.0 Å². The Bertz CT molecular complexity index is 1880. The van der Waals surface area contributed by atoms with Gasteiger partial charge < -0.3 is 14.5 Å². The molecule has 194 valence electrons. The zero-order chi connectivity index (χ0) is 26.2. The Balaban J connectivity index is 1.23. The molecule has 0 unspecified atom stereocenters. The molecule has 3 aromatic heterocycles. The van der Waals surface area contributed by atoms with Gasteiger partial charge in [0.05, 0.1) is 33.3 Å².